The van der Waals surface area contributed by atoms with Gasteiger partial charge in [0.15, 0.2) is 0 Å². The molecule has 3 rings (SSSR count). The third kappa shape index (κ3) is 3.18. The highest BCUT2D eigenvalue weighted by molar-refractivity contribution is 5.97. The minimum Gasteiger partial charge on any atom is -0.324 e. The van der Waals surface area contributed by atoms with Gasteiger partial charge in [0.05, 0.1) is 6.04 Å². The molecule has 0 bridgehead atoms. The molecule has 2 aromatic carbocycles. The predicted molar refractivity (Wildman–Crippen MR) is 94.7 cm³/mol. The summed E-state index contributed by atoms with van der Waals surface area (Å²) < 4.78 is 0. The Kier molecular flexibility index (Phi) is 4.65. The molecule has 0 radical (unpaired) electrons. The van der Waals surface area contributed by atoms with Crippen molar-refractivity contribution in [2.24, 2.45) is 0 Å². The predicted octanol–water partition coefficient (Wildman–Crippen LogP) is 3.67. The molecule has 0 spiro atoms. The summed E-state index contributed by atoms with van der Waals surface area (Å²) in [4.78, 5) is 26.8. The van der Waals surface area contributed by atoms with Crippen molar-refractivity contribution in [2.75, 3.05) is 11.9 Å². The number of benzene rings is 2. The molecule has 1 aliphatic heterocycles. The van der Waals surface area contributed by atoms with Crippen molar-refractivity contribution >= 4 is 17.5 Å². The zero-order chi connectivity index (χ0) is 17.1. The second kappa shape index (κ2) is 6.87. The van der Waals surface area contributed by atoms with Gasteiger partial charge in [-0.2, -0.15) is 0 Å². The largest absolute Gasteiger partial charge is 0.324 e. The quantitative estimate of drug-likeness (QED) is 0.937. The van der Waals surface area contributed by atoms with Gasteiger partial charge in [-0.3, -0.25) is 9.59 Å². The van der Waals surface area contributed by atoms with Crippen LogP contribution in [0.25, 0.3) is 0 Å². The van der Waals surface area contributed by atoms with Crippen LogP contribution in [0.1, 0.15) is 42.5 Å². The van der Waals surface area contributed by atoms with Gasteiger partial charge < -0.3 is 10.2 Å². The summed E-state index contributed by atoms with van der Waals surface area (Å²) >= 11 is 0. The lowest BCUT2D eigenvalue weighted by molar-refractivity contribution is -0.136. The molecule has 0 saturated heterocycles. The molecule has 124 valence electrons. The number of hydrogen-bond acceptors (Lipinski definition) is 2. The molecule has 24 heavy (non-hydrogen) atoms. The minimum atomic E-state index is -0.251. The maximum atomic E-state index is 12.7. The first-order valence-electron chi connectivity index (χ1n) is 8.35. The summed E-state index contributed by atoms with van der Waals surface area (Å²) in [7, 11) is 0. The van der Waals surface area contributed by atoms with Crippen LogP contribution < -0.4 is 5.32 Å². The van der Waals surface area contributed by atoms with Gasteiger partial charge in [-0.05, 0) is 25.0 Å². The van der Waals surface area contributed by atoms with Gasteiger partial charge in [-0.15, -0.1) is 0 Å². The van der Waals surface area contributed by atoms with E-state index in [1.807, 2.05) is 56.3 Å². The molecule has 1 heterocycles. The highest BCUT2D eigenvalue weighted by Gasteiger charge is 2.32. The molecule has 1 atom stereocenters. The maximum absolute atomic E-state index is 12.7. The molecular formula is C20H22N2O2. The first-order valence-corrected chi connectivity index (χ1v) is 8.35. The maximum Gasteiger partial charge on any atom is 0.244 e. The van der Waals surface area contributed by atoms with Gasteiger partial charge in [0, 0.05) is 17.7 Å². The Hall–Kier alpha value is -2.62. The van der Waals surface area contributed by atoms with E-state index in [1.54, 1.807) is 4.90 Å². The Morgan fingerprint density at radius 1 is 1.21 bits per heavy atom. The lowest BCUT2D eigenvalue weighted by Crippen LogP contribution is -2.38. The lowest BCUT2D eigenvalue weighted by atomic mass is 9.94. The molecule has 2 aromatic rings. The van der Waals surface area contributed by atoms with Crippen molar-refractivity contribution in [1.29, 1.82) is 0 Å². The van der Waals surface area contributed by atoms with Gasteiger partial charge >= 0.3 is 0 Å². The third-order valence-electron chi connectivity index (χ3n) is 4.30. The van der Waals surface area contributed by atoms with Crippen molar-refractivity contribution in [2.45, 2.75) is 32.7 Å². The standard InChI is InChI=1S/C20H22N2O2/c1-3-7-19(24)22-13-18(23)21-17-11-10-14(2)12-16(17)20(22)15-8-5-4-6-9-15/h4-6,8-12,20H,3,7,13H2,1-2H3,(H,21,23)/t20-/m1/s1. The zero-order valence-electron chi connectivity index (χ0n) is 14.1. The highest BCUT2D eigenvalue weighted by Crippen LogP contribution is 2.36. The number of rotatable bonds is 3. The van der Waals surface area contributed by atoms with Crippen LogP contribution >= 0.6 is 0 Å². The number of aryl methyl sites for hydroxylation is 1. The van der Waals surface area contributed by atoms with Gasteiger partial charge in [-0.1, -0.05) is 55.0 Å². The second-order valence-electron chi connectivity index (χ2n) is 6.22. The van der Waals surface area contributed by atoms with E-state index < -0.39 is 0 Å². The van der Waals surface area contributed by atoms with E-state index in [4.69, 9.17) is 0 Å². The fraction of sp³-hybridized carbons (Fsp3) is 0.300. The zero-order valence-corrected chi connectivity index (χ0v) is 14.1. The summed E-state index contributed by atoms with van der Waals surface area (Å²) in [6, 6.07) is 15.6. The molecule has 1 N–H and O–H groups in total. The van der Waals surface area contributed by atoms with E-state index in [2.05, 4.69) is 11.4 Å². The Morgan fingerprint density at radius 3 is 2.67 bits per heavy atom. The smallest absolute Gasteiger partial charge is 0.244 e. The molecule has 0 unspecified atom stereocenters. The number of amides is 2. The number of fused-ring (bicyclic) bond motifs is 1. The van der Waals surface area contributed by atoms with Crippen LogP contribution in [0.4, 0.5) is 5.69 Å². The van der Waals surface area contributed by atoms with Crippen LogP contribution in [0, 0.1) is 6.92 Å². The summed E-state index contributed by atoms with van der Waals surface area (Å²) in [5.41, 5.74) is 3.88. The molecule has 0 aliphatic carbocycles. The number of hydrogen-bond donors (Lipinski definition) is 1. The highest BCUT2D eigenvalue weighted by atomic mass is 16.2. The van der Waals surface area contributed by atoms with Gasteiger partial charge in [0.2, 0.25) is 11.8 Å². The number of nitrogens with one attached hydrogen (secondary N) is 1. The number of anilines is 1. The van der Waals surface area contributed by atoms with Gasteiger partial charge in [-0.25, -0.2) is 0 Å². The average Bonchev–Trinajstić information content (AvgIpc) is 2.71. The summed E-state index contributed by atoms with van der Waals surface area (Å²) in [5, 5.41) is 2.94. The molecule has 2 amide bonds. The molecule has 1 aliphatic rings. The SMILES string of the molecule is CCCC(=O)N1CC(=O)Nc2ccc(C)cc2[C@H]1c1ccccc1. The third-order valence-corrected chi connectivity index (χ3v) is 4.30. The summed E-state index contributed by atoms with van der Waals surface area (Å²) in [6.07, 6.45) is 1.21. The van der Waals surface area contributed by atoms with Gasteiger partial charge in [0.25, 0.3) is 0 Å². The minimum absolute atomic E-state index is 0.0101. The van der Waals surface area contributed by atoms with Gasteiger partial charge in [0.1, 0.15) is 6.54 Å². The molecule has 0 aromatic heterocycles. The van der Waals surface area contributed by atoms with Crippen LogP contribution in [0.15, 0.2) is 48.5 Å². The Balaban J connectivity index is 2.17. The summed E-state index contributed by atoms with van der Waals surface area (Å²) in [5.74, 6) is -0.140. The van der Waals surface area contributed by atoms with Crippen LogP contribution in [0.2, 0.25) is 0 Å². The Labute approximate surface area is 142 Å². The molecule has 0 fully saturated rings. The topological polar surface area (TPSA) is 49.4 Å². The van der Waals surface area contributed by atoms with E-state index >= 15 is 0 Å². The van der Waals surface area contributed by atoms with Crippen LogP contribution in [-0.2, 0) is 9.59 Å². The van der Waals surface area contributed by atoms with Crippen LogP contribution in [0.5, 0.6) is 0 Å². The van der Waals surface area contributed by atoms with Crippen molar-refractivity contribution in [1.82, 2.24) is 4.90 Å². The van der Waals surface area contributed by atoms with Crippen molar-refractivity contribution < 1.29 is 9.59 Å². The average molecular weight is 322 g/mol. The second-order valence-corrected chi connectivity index (χ2v) is 6.22. The number of carbonyl (C=O) groups excluding carboxylic acids is 2. The van der Waals surface area contributed by atoms with E-state index in [-0.39, 0.29) is 24.4 Å². The van der Waals surface area contributed by atoms with E-state index in [0.717, 1.165) is 28.8 Å². The normalized spacial score (nSPS) is 17.0. The monoisotopic (exact) mass is 322 g/mol. The van der Waals surface area contributed by atoms with E-state index in [1.165, 1.54) is 0 Å². The molecule has 4 heteroatoms. The fourth-order valence-electron chi connectivity index (χ4n) is 3.21. The molecule has 4 nitrogen and oxygen atoms in total. The Morgan fingerprint density at radius 2 is 1.96 bits per heavy atom. The van der Waals surface area contributed by atoms with Crippen molar-refractivity contribution in [3.8, 4) is 0 Å². The summed E-state index contributed by atoms with van der Waals surface area (Å²) in [6.45, 7) is 4.07. The van der Waals surface area contributed by atoms with Crippen LogP contribution in [-0.4, -0.2) is 23.3 Å². The number of carbonyl (C=O) groups is 2. The van der Waals surface area contributed by atoms with Crippen molar-refractivity contribution in [3.63, 3.8) is 0 Å². The van der Waals surface area contributed by atoms with Crippen LogP contribution in [0.3, 0.4) is 0 Å². The molecule has 0 saturated carbocycles. The van der Waals surface area contributed by atoms with E-state index in [9.17, 15) is 9.59 Å². The number of nitrogens with zero attached hydrogens (tertiary/aromatic N) is 1. The lowest BCUT2D eigenvalue weighted by Gasteiger charge is -2.30. The first kappa shape index (κ1) is 16.2. The molecular weight excluding hydrogens is 300 g/mol. The van der Waals surface area contributed by atoms with E-state index in [0.29, 0.717) is 6.42 Å². The Bertz CT molecular complexity index is 755. The first-order chi connectivity index (χ1) is 11.6. The fourth-order valence-corrected chi connectivity index (χ4v) is 3.21. The van der Waals surface area contributed by atoms with Crippen molar-refractivity contribution in [3.05, 3.63) is 65.2 Å².